The summed E-state index contributed by atoms with van der Waals surface area (Å²) in [5.41, 5.74) is 1.49. The van der Waals surface area contributed by atoms with E-state index in [2.05, 4.69) is 61.0 Å². The smallest absolute Gasteiger partial charge is 0.0143 e. The highest BCUT2D eigenvalue weighted by Crippen LogP contribution is 2.28. The Morgan fingerprint density at radius 1 is 1.18 bits per heavy atom. The average molecular weight is 213 g/mol. The normalized spacial score (nSPS) is 22.2. The molecule has 0 atom stereocenters. The van der Waals surface area contributed by atoms with Crippen molar-refractivity contribution in [3.8, 4) is 0 Å². The summed E-state index contributed by atoms with van der Waals surface area (Å²) in [5.74, 6) is 0. The van der Waals surface area contributed by atoms with Crippen molar-refractivity contribution < 1.29 is 0 Å². The van der Waals surface area contributed by atoms with Crippen LogP contribution in [-0.2, 0) is 0 Å². The van der Waals surface area contributed by atoms with Gasteiger partial charge in [-0.05, 0) is 13.0 Å². The zero-order valence-corrected chi connectivity index (χ0v) is 8.77. The zero-order valence-electron chi connectivity index (χ0n) is 7.19. The van der Waals surface area contributed by atoms with Crippen LogP contribution in [0.25, 0.3) is 0 Å². The second-order valence-electron chi connectivity index (χ2n) is 3.57. The molecule has 0 radical (unpaired) electrons. The Morgan fingerprint density at radius 2 is 1.82 bits per heavy atom. The summed E-state index contributed by atoms with van der Waals surface area (Å²) in [6.45, 7) is 6.52. The molecule has 1 aliphatic rings. The van der Waals surface area contributed by atoms with Crippen molar-refractivity contribution in [1.29, 1.82) is 0 Å². The summed E-state index contributed by atoms with van der Waals surface area (Å²) in [6.07, 6.45) is 8.67. The predicted molar refractivity (Wildman–Crippen MR) is 53.7 cm³/mol. The van der Waals surface area contributed by atoms with Gasteiger partial charge in [0.25, 0.3) is 0 Å². The van der Waals surface area contributed by atoms with Gasteiger partial charge in [-0.3, -0.25) is 0 Å². The van der Waals surface area contributed by atoms with Gasteiger partial charge in [0.15, 0.2) is 0 Å². The van der Waals surface area contributed by atoms with Crippen LogP contribution in [0, 0.1) is 5.41 Å². The van der Waals surface area contributed by atoms with E-state index in [9.17, 15) is 0 Å². The van der Waals surface area contributed by atoms with Gasteiger partial charge in [-0.1, -0.05) is 53.6 Å². The summed E-state index contributed by atoms with van der Waals surface area (Å²) >= 11 is 3.48. The molecule has 0 unspecified atom stereocenters. The Balaban J connectivity index is 3.03. The van der Waals surface area contributed by atoms with Gasteiger partial charge >= 0.3 is 0 Å². The molecule has 0 spiro atoms. The lowest BCUT2D eigenvalue weighted by atomic mass is 9.92. The Kier molecular flexibility index (Phi) is 2.38. The molecule has 0 bridgehead atoms. The van der Waals surface area contributed by atoms with E-state index in [1.54, 1.807) is 0 Å². The van der Waals surface area contributed by atoms with Crippen molar-refractivity contribution in [2.45, 2.75) is 20.8 Å². The molecule has 0 saturated carbocycles. The number of hydrogen-bond donors (Lipinski definition) is 0. The standard InChI is InChI=1S/C10H13Br/c1-8-4-5-9(11)7-10(2,3)6-8/h4-7H,1-3H3. The SMILES string of the molecule is CC1=CC(C)(C)C=C(Br)C=C1. The van der Waals surface area contributed by atoms with E-state index in [0.29, 0.717) is 0 Å². The van der Waals surface area contributed by atoms with Gasteiger partial charge in [0.1, 0.15) is 0 Å². The fourth-order valence-electron chi connectivity index (χ4n) is 1.29. The Hall–Kier alpha value is -0.300. The molecular formula is C10H13Br. The minimum absolute atomic E-state index is 0.173. The third-order valence-corrected chi connectivity index (χ3v) is 2.11. The molecule has 60 valence electrons. The van der Waals surface area contributed by atoms with Gasteiger partial charge in [0.05, 0.1) is 0 Å². The first kappa shape index (κ1) is 8.79. The zero-order chi connectivity index (χ0) is 8.48. The average Bonchev–Trinajstić information content (AvgIpc) is 1.89. The summed E-state index contributed by atoms with van der Waals surface area (Å²) in [7, 11) is 0. The number of allylic oxidation sites excluding steroid dienone is 6. The van der Waals surface area contributed by atoms with E-state index in [0.717, 1.165) is 4.48 Å². The second kappa shape index (κ2) is 2.98. The topological polar surface area (TPSA) is 0 Å². The van der Waals surface area contributed by atoms with Crippen LogP contribution in [0.1, 0.15) is 20.8 Å². The predicted octanol–water partition coefficient (Wildman–Crippen LogP) is 3.81. The van der Waals surface area contributed by atoms with Crippen LogP contribution >= 0.6 is 15.9 Å². The quantitative estimate of drug-likeness (QED) is 0.574. The maximum atomic E-state index is 3.48. The molecule has 0 aliphatic heterocycles. The maximum Gasteiger partial charge on any atom is 0.0143 e. The lowest BCUT2D eigenvalue weighted by molar-refractivity contribution is 0.623. The highest BCUT2D eigenvalue weighted by Gasteiger charge is 2.12. The molecule has 0 aromatic rings. The van der Waals surface area contributed by atoms with E-state index in [-0.39, 0.29) is 5.41 Å². The van der Waals surface area contributed by atoms with Crippen molar-refractivity contribution >= 4 is 15.9 Å². The van der Waals surface area contributed by atoms with Crippen molar-refractivity contribution in [2.24, 2.45) is 5.41 Å². The van der Waals surface area contributed by atoms with Crippen LogP contribution in [-0.4, -0.2) is 0 Å². The van der Waals surface area contributed by atoms with Gasteiger partial charge in [-0.15, -0.1) is 0 Å². The summed E-state index contributed by atoms with van der Waals surface area (Å²) in [6, 6.07) is 0. The molecule has 11 heavy (non-hydrogen) atoms. The lowest BCUT2D eigenvalue weighted by Crippen LogP contribution is -2.02. The van der Waals surface area contributed by atoms with Gasteiger partial charge in [-0.25, -0.2) is 0 Å². The molecular weight excluding hydrogens is 200 g/mol. The first-order valence-corrected chi connectivity index (χ1v) is 4.55. The molecule has 0 aromatic heterocycles. The molecule has 0 N–H and O–H groups in total. The van der Waals surface area contributed by atoms with Crippen LogP contribution in [0.2, 0.25) is 0 Å². The third kappa shape index (κ3) is 2.66. The minimum Gasteiger partial charge on any atom is -0.0721 e. The first-order chi connectivity index (χ1) is 4.99. The Labute approximate surface area is 76.8 Å². The lowest BCUT2D eigenvalue weighted by Gasteiger charge is -2.14. The molecule has 0 amide bonds. The monoisotopic (exact) mass is 212 g/mol. The molecule has 0 aromatic carbocycles. The third-order valence-electron chi connectivity index (χ3n) is 1.62. The van der Waals surface area contributed by atoms with Crippen molar-refractivity contribution in [3.63, 3.8) is 0 Å². The van der Waals surface area contributed by atoms with Crippen LogP contribution in [0.3, 0.4) is 0 Å². The molecule has 0 saturated heterocycles. The highest BCUT2D eigenvalue weighted by molar-refractivity contribution is 9.11. The van der Waals surface area contributed by atoms with E-state index < -0.39 is 0 Å². The minimum atomic E-state index is 0.173. The van der Waals surface area contributed by atoms with Crippen molar-refractivity contribution in [1.82, 2.24) is 0 Å². The highest BCUT2D eigenvalue weighted by atomic mass is 79.9. The fraction of sp³-hybridized carbons (Fsp3) is 0.400. The van der Waals surface area contributed by atoms with Crippen LogP contribution < -0.4 is 0 Å². The van der Waals surface area contributed by atoms with Crippen molar-refractivity contribution in [3.05, 3.63) is 34.4 Å². The maximum absolute atomic E-state index is 3.48. The Bertz CT molecular complexity index is 218. The van der Waals surface area contributed by atoms with Gasteiger partial charge in [0.2, 0.25) is 0 Å². The number of hydrogen-bond acceptors (Lipinski definition) is 0. The molecule has 1 aliphatic carbocycles. The molecule has 1 rings (SSSR count). The van der Waals surface area contributed by atoms with Gasteiger partial charge in [-0.2, -0.15) is 0 Å². The fourth-order valence-corrected chi connectivity index (χ4v) is 2.01. The Morgan fingerprint density at radius 3 is 2.45 bits per heavy atom. The van der Waals surface area contributed by atoms with Gasteiger partial charge in [0, 0.05) is 9.90 Å². The van der Waals surface area contributed by atoms with E-state index in [4.69, 9.17) is 0 Å². The molecule has 0 nitrogen and oxygen atoms in total. The summed E-state index contributed by atoms with van der Waals surface area (Å²) < 4.78 is 1.16. The number of rotatable bonds is 0. The van der Waals surface area contributed by atoms with E-state index in [1.807, 2.05) is 0 Å². The summed E-state index contributed by atoms with van der Waals surface area (Å²) in [5, 5.41) is 0. The van der Waals surface area contributed by atoms with E-state index in [1.165, 1.54) is 5.57 Å². The van der Waals surface area contributed by atoms with E-state index >= 15 is 0 Å². The van der Waals surface area contributed by atoms with Crippen LogP contribution in [0.4, 0.5) is 0 Å². The summed E-state index contributed by atoms with van der Waals surface area (Å²) in [4.78, 5) is 0. The van der Waals surface area contributed by atoms with Crippen LogP contribution in [0.5, 0.6) is 0 Å². The number of halogens is 1. The largest absolute Gasteiger partial charge is 0.0721 e. The first-order valence-electron chi connectivity index (χ1n) is 3.75. The van der Waals surface area contributed by atoms with Crippen LogP contribution in [0.15, 0.2) is 34.4 Å². The van der Waals surface area contributed by atoms with Gasteiger partial charge < -0.3 is 0 Å². The van der Waals surface area contributed by atoms with Crippen molar-refractivity contribution in [2.75, 3.05) is 0 Å². The second-order valence-corrected chi connectivity index (χ2v) is 4.49. The molecule has 0 heterocycles. The molecule has 1 heteroatoms. The molecule has 0 fully saturated rings.